The SMILES string of the molecule is CC(C)(C)OC(=O)N[C@@H](CC1=CCC(N[SH](=O)=O)C=C1)c1nc(C(C)(C)C)cs1. The number of amides is 1. The van der Waals surface area contributed by atoms with Crippen molar-refractivity contribution < 1.29 is 17.9 Å². The van der Waals surface area contributed by atoms with Crippen molar-refractivity contribution in [1.29, 1.82) is 0 Å². The van der Waals surface area contributed by atoms with Gasteiger partial charge in [-0.3, -0.25) is 0 Å². The fraction of sp³-hybridized carbons (Fsp3) is 0.600. The molecule has 1 unspecified atom stereocenters. The molecule has 29 heavy (non-hydrogen) atoms. The minimum Gasteiger partial charge on any atom is -0.444 e. The smallest absolute Gasteiger partial charge is 0.408 e. The van der Waals surface area contributed by atoms with Crippen molar-refractivity contribution in [2.75, 3.05) is 0 Å². The van der Waals surface area contributed by atoms with E-state index in [1.54, 1.807) is 0 Å². The molecule has 2 N–H and O–H groups in total. The zero-order valence-electron chi connectivity index (χ0n) is 17.8. The number of rotatable bonds is 6. The third-order valence-corrected chi connectivity index (χ3v) is 5.67. The summed E-state index contributed by atoms with van der Waals surface area (Å²) in [5, 5.41) is 5.79. The van der Waals surface area contributed by atoms with E-state index in [2.05, 4.69) is 30.8 Å². The lowest BCUT2D eigenvalue weighted by Gasteiger charge is -2.24. The number of hydrogen-bond donors (Lipinski definition) is 3. The second kappa shape index (κ2) is 9.40. The van der Waals surface area contributed by atoms with Crippen LogP contribution in [0.25, 0.3) is 0 Å². The maximum Gasteiger partial charge on any atom is 0.408 e. The standard InChI is InChI=1S/C20H31N3O4S2/c1-19(2,3)16-12-28-17(22-16)15(21-18(24)27-20(4,5)6)11-13-7-9-14(10-8-13)23-29(25)26/h7-9,12,14-15,29H,10-11H2,1-6H3,(H,21,24)(H,23,25,26)/t14?,15-/m0/s1. The van der Waals surface area contributed by atoms with Gasteiger partial charge in [-0.2, -0.15) is 0 Å². The summed E-state index contributed by atoms with van der Waals surface area (Å²) in [7, 11) is -2.64. The van der Waals surface area contributed by atoms with Crippen LogP contribution in [0.2, 0.25) is 0 Å². The first kappa shape index (κ1) is 23.6. The van der Waals surface area contributed by atoms with E-state index in [0.29, 0.717) is 12.8 Å². The van der Waals surface area contributed by atoms with Gasteiger partial charge in [0.1, 0.15) is 10.6 Å². The van der Waals surface area contributed by atoms with Gasteiger partial charge in [0.2, 0.25) is 10.9 Å². The normalized spacial score (nSPS) is 18.4. The summed E-state index contributed by atoms with van der Waals surface area (Å²) in [6.07, 6.45) is 6.33. The molecular formula is C20H31N3O4S2. The molecule has 0 spiro atoms. The monoisotopic (exact) mass is 441 g/mol. The first-order chi connectivity index (χ1) is 13.3. The summed E-state index contributed by atoms with van der Waals surface area (Å²) in [5.74, 6) is 0. The van der Waals surface area contributed by atoms with Crippen LogP contribution in [0.3, 0.4) is 0 Å². The van der Waals surface area contributed by atoms with Gasteiger partial charge in [-0.15, -0.1) is 11.3 Å². The maximum absolute atomic E-state index is 12.4. The fourth-order valence-electron chi connectivity index (χ4n) is 2.72. The van der Waals surface area contributed by atoms with Crippen LogP contribution in [-0.2, 0) is 21.0 Å². The third-order valence-electron chi connectivity index (χ3n) is 4.17. The van der Waals surface area contributed by atoms with E-state index in [4.69, 9.17) is 9.72 Å². The fourth-order valence-corrected chi connectivity index (χ4v) is 4.28. The molecule has 0 fully saturated rings. The van der Waals surface area contributed by atoms with Crippen LogP contribution in [0.4, 0.5) is 4.79 Å². The molecule has 0 radical (unpaired) electrons. The van der Waals surface area contributed by atoms with Gasteiger partial charge in [-0.05, 0) is 39.2 Å². The number of carbonyl (C=O) groups excluding carboxylic acids is 1. The van der Waals surface area contributed by atoms with Gasteiger partial charge in [0.05, 0.1) is 11.7 Å². The number of nitrogens with one attached hydrogen (secondary N) is 2. The Morgan fingerprint density at radius 1 is 1.31 bits per heavy atom. The van der Waals surface area contributed by atoms with Crippen LogP contribution in [0, 0.1) is 0 Å². The molecule has 0 saturated carbocycles. The lowest BCUT2D eigenvalue weighted by atomic mass is 9.93. The highest BCUT2D eigenvalue weighted by atomic mass is 32.2. The predicted molar refractivity (Wildman–Crippen MR) is 117 cm³/mol. The lowest BCUT2D eigenvalue weighted by Crippen LogP contribution is -2.35. The number of carbonyl (C=O) groups is 1. The molecule has 2 rings (SSSR count). The second-order valence-electron chi connectivity index (χ2n) is 9.09. The molecule has 0 aromatic carbocycles. The molecule has 162 valence electrons. The lowest BCUT2D eigenvalue weighted by molar-refractivity contribution is 0.0503. The molecule has 1 aliphatic rings. The number of thiol groups is 1. The van der Waals surface area contributed by atoms with Gasteiger partial charge >= 0.3 is 6.09 Å². The topological polar surface area (TPSA) is 97.4 Å². The van der Waals surface area contributed by atoms with Crippen molar-refractivity contribution in [1.82, 2.24) is 15.0 Å². The van der Waals surface area contributed by atoms with Crippen LogP contribution < -0.4 is 10.0 Å². The van der Waals surface area contributed by atoms with E-state index in [-0.39, 0.29) is 17.5 Å². The summed E-state index contributed by atoms with van der Waals surface area (Å²) in [6.45, 7) is 11.8. The van der Waals surface area contributed by atoms with Crippen molar-refractivity contribution in [3.05, 3.63) is 39.9 Å². The zero-order valence-corrected chi connectivity index (χ0v) is 19.5. The van der Waals surface area contributed by atoms with Crippen molar-refractivity contribution in [3.8, 4) is 0 Å². The number of ether oxygens (including phenoxy) is 1. The Bertz CT molecular complexity index is 850. The van der Waals surface area contributed by atoms with Crippen molar-refractivity contribution in [3.63, 3.8) is 0 Å². The van der Waals surface area contributed by atoms with Gasteiger partial charge < -0.3 is 10.1 Å². The van der Waals surface area contributed by atoms with Crippen molar-refractivity contribution >= 4 is 28.3 Å². The average molecular weight is 442 g/mol. The third kappa shape index (κ3) is 7.91. The Morgan fingerprint density at radius 2 is 2.00 bits per heavy atom. The Labute approximate surface area is 178 Å². The van der Waals surface area contributed by atoms with Crippen molar-refractivity contribution in [2.24, 2.45) is 0 Å². The summed E-state index contributed by atoms with van der Waals surface area (Å²) < 4.78 is 29.6. The number of allylic oxidation sites excluding steroid dienone is 1. The van der Waals surface area contributed by atoms with Gasteiger partial charge in [0, 0.05) is 16.8 Å². The maximum atomic E-state index is 12.4. The molecule has 9 heteroatoms. The highest BCUT2D eigenvalue weighted by molar-refractivity contribution is 7.70. The number of hydrogen-bond acceptors (Lipinski definition) is 6. The molecule has 1 heterocycles. The molecule has 1 aromatic heterocycles. The first-order valence-electron chi connectivity index (χ1n) is 9.57. The van der Waals surface area contributed by atoms with E-state index in [9.17, 15) is 13.2 Å². The first-order valence-corrected chi connectivity index (χ1v) is 11.6. The Hall–Kier alpha value is -1.71. The minimum absolute atomic E-state index is 0.0802. The second-order valence-corrected chi connectivity index (χ2v) is 10.8. The van der Waals surface area contributed by atoms with Crippen LogP contribution in [0.5, 0.6) is 0 Å². The number of thiazole rings is 1. The van der Waals surface area contributed by atoms with Crippen LogP contribution in [0.15, 0.2) is 29.2 Å². The molecule has 0 saturated heterocycles. The predicted octanol–water partition coefficient (Wildman–Crippen LogP) is 3.77. The molecule has 1 amide bonds. The van der Waals surface area contributed by atoms with E-state index >= 15 is 0 Å². The van der Waals surface area contributed by atoms with Crippen LogP contribution in [0.1, 0.15) is 71.1 Å². The van der Waals surface area contributed by atoms with Gasteiger partial charge in [0.25, 0.3) is 0 Å². The Balaban J connectivity index is 2.17. The summed E-state index contributed by atoms with van der Waals surface area (Å²) in [4.78, 5) is 17.1. The van der Waals surface area contributed by atoms with E-state index in [1.807, 2.05) is 44.4 Å². The molecular weight excluding hydrogens is 410 g/mol. The Morgan fingerprint density at radius 3 is 2.48 bits per heavy atom. The van der Waals surface area contributed by atoms with Crippen molar-refractivity contribution in [2.45, 2.75) is 77.5 Å². The minimum atomic E-state index is -2.64. The number of aromatic nitrogens is 1. The van der Waals surface area contributed by atoms with E-state index < -0.39 is 22.6 Å². The molecule has 1 aliphatic carbocycles. The zero-order chi connectivity index (χ0) is 21.8. The molecule has 0 aliphatic heterocycles. The van der Waals surface area contributed by atoms with Gasteiger partial charge in [-0.1, -0.05) is 39.0 Å². The van der Waals surface area contributed by atoms with Crippen LogP contribution in [-0.4, -0.2) is 31.1 Å². The summed E-state index contributed by atoms with van der Waals surface area (Å²) >= 11 is 1.52. The largest absolute Gasteiger partial charge is 0.444 e. The highest BCUT2D eigenvalue weighted by Gasteiger charge is 2.26. The molecule has 1 aromatic rings. The van der Waals surface area contributed by atoms with E-state index in [0.717, 1.165) is 16.3 Å². The average Bonchev–Trinajstić information content (AvgIpc) is 3.04. The van der Waals surface area contributed by atoms with Gasteiger partial charge in [-0.25, -0.2) is 22.9 Å². The molecule has 0 bridgehead atoms. The van der Waals surface area contributed by atoms with E-state index in [1.165, 1.54) is 11.3 Å². The quantitative estimate of drug-likeness (QED) is 0.584. The number of nitrogens with zero attached hydrogens (tertiary/aromatic N) is 1. The van der Waals surface area contributed by atoms with Crippen LogP contribution >= 0.6 is 11.3 Å². The summed E-state index contributed by atoms with van der Waals surface area (Å²) in [6, 6.07) is -0.563. The summed E-state index contributed by atoms with van der Waals surface area (Å²) in [5.41, 5.74) is 1.32. The number of alkyl carbamates (subject to hydrolysis) is 1. The molecule has 7 nitrogen and oxygen atoms in total. The van der Waals surface area contributed by atoms with Gasteiger partial charge in [0.15, 0.2) is 0 Å². The Kier molecular flexibility index (Phi) is 7.64. The molecule has 2 atom stereocenters. The highest BCUT2D eigenvalue weighted by Crippen LogP contribution is 2.31.